The largest absolute Gasteiger partial charge is 0.416 e. The Morgan fingerprint density at radius 2 is 1.63 bits per heavy atom. The van der Waals surface area contributed by atoms with Crippen molar-refractivity contribution in [2.24, 2.45) is 0 Å². The lowest BCUT2D eigenvalue weighted by atomic mass is 10.1. The van der Waals surface area contributed by atoms with E-state index >= 15 is 0 Å². The van der Waals surface area contributed by atoms with Gasteiger partial charge < -0.3 is 9.73 Å². The number of hydrogen-bond acceptors (Lipinski definition) is 7. The highest BCUT2D eigenvalue weighted by molar-refractivity contribution is 6.04. The zero-order chi connectivity index (χ0) is 23.8. The molecule has 1 fully saturated rings. The van der Waals surface area contributed by atoms with Gasteiger partial charge in [-0.05, 0) is 78.7 Å². The summed E-state index contributed by atoms with van der Waals surface area (Å²) in [6, 6.07) is 22.8. The van der Waals surface area contributed by atoms with Gasteiger partial charge in [-0.15, -0.1) is 15.3 Å². The summed E-state index contributed by atoms with van der Waals surface area (Å²) in [4.78, 5) is 12.9. The first-order valence-electron chi connectivity index (χ1n) is 11.3. The molecular weight excluding hydrogens is 442 g/mol. The quantitative estimate of drug-likeness (QED) is 0.379. The third-order valence-electron chi connectivity index (χ3n) is 5.85. The number of benzene rings is 3. The Hall–Kier alpha value is -4.66. The van der Waals surface area contributed by atoms with Gasteiger partial charge in [0.1, 0.15) is 0 Å². The van der Waals surface area contributed by atoms with Gasteiger partial charge in [-0.1, -0.05) is 29.8 Å². The Kier molecular flexibility index (Phi) is 5.14. The SMILES string of the molecule is Cc1cccc(-c2nnc(-c3ccc(C(=O)Nc4cccc(-c5nnnn5C5CC5)c4)cc3)o2)c1. The van der Waals surface area contributed by atoms with Gasteiger partial charge in [0.15, 0.2) is 5.82 Å². The van der Waals surface area contributed by atoms with E-state index in [4.69, 9.17) is 4.42 Å². The van der Waals surface area contributed by atoms with Gasteiger partial charge in [0.05, 0.1) is 6.04 Å². The highest BCUT2D eigenvalue weighted by Gasteiger charge is 2.28. The molecule has 6 rings (SSSR count). The van der Waals surface area contributed by atoms with E-state index in [0.29, 0.717) is 34.9 Å². The first kappa shape index (κ1) is 20.9. The average molecular weight is 464 g/mol. The first-order chi connectivity index (χ1) is 17.1. The van der Waals surface area contributed by atoms with Crippen LogP contribution in [0.25, 0.3) is 34.3 Å². The van der Waals surface area contributed by atoms with E-state index in [9.17, 15) is 4.79 Å². The number of carbonyl (C=O) groups excluding carboxylic acids is 1. The molecular formula is C26H21N7O2. The second-order valence-corrected chi connectivity index (χ2v) is 8.57. The highest BCUT2D eigenvalue weighted by Crippen LogP contribution is 2.36. The molecule has 0 atom stereocenters. The summed E-state index contributed by atoms with van der Waals surface area (Å²) in [5, 5.41) is 23.3. The molecule has 0 bridgehead atoms. The zero-order valence-electron chi connectivity index (χ0n) is 18.9. The second-order valence-electron chi connectivity index (χ2n) is 8.57. The van der Waals surface area contributed by atoms with Crippen LogP contribution in [-0.2, 0) is 0 Å². The van der Waals surface area contributed by atoms with Crippen molar-refractivity contribution >= 4 is 11.6 Å². The van der Waals surface area contributed by atoms with E-state index in [1.807, 2.05) is 60.1 Å². The van der Waals surface area contributed by atoms with Crippen LogP contribution >= 0.6 is 0 Å². The van der Waals surface area contributed by atoms with Crippen molar-refractivity contribution in [2.45, 2.75) is 25.8 Å². The van der Waals surface area contributed by atoms with Gasteiger partial charge in [-0.3, -0.25) is 4.79 Å². The van der Waals surface area contributed by atoms with E-state index in [0.717, 1.165) is 35.1 Å². The van der Waals surface area contributed by atoms with E-state index < -0.39 is 0 Å². The lowest BCUT2D eigenvalue weighted by molar-refractivity contribution is 0.102. The fourth-order valence-corrected chi connectivity index (χ4v) is 3.89. The zero-order valence-corrected chi connectivity index (χ0v) is 18.9. The summed E-state index contributed by atoms with van der Waals surface area (Å²) >= 11 is 0. The Balaban J connectivity index is 1.17. The molecule has 2 heterocycles. The van der Waals surface area contributed by atoms with Crippen LogP contribution in [0.3, 0.4) is 0 Å². The van der Waals surface area contributed by atoms with Gasteiger partial charge >= 0.3 is 0 Å². The summed E-state index contributed by atoms with van der Waals surface area (Å²) in [6.45, 7) is 2.01. The molecule has 35 heavy (non-hydrogen) atoms. The Bertz CT molecular complexity index is 1520. The second kappa shape index (κ2) is 8.60. The maximum absolute atomic E-state index is 12.9. The van der Waals surface area contributed by atoms with Crippen molar-refractivity contribution in [1.29, 1.82) is 0 Å². The first-order valence-corrected chi connectivity index (χ1v) is 11.3. The lowest BCUT2D eigenvalue weighted by Crippen LogP contribution is -2.11. The molecule has 1 N–H and O–H groups in total. The minimum Gasteiger partial charge on any atom is -0.416 e. The number of rotatable bonds is 6. The molecule has 0 saturated heterocycles. The fourth-order valence-electron chi connectivity index (χ4n) is 3.89. The monoisotopic (exact) mass is 463 g/mol. The van der Waals surface area contributed by atoms with E-state index in [1.54, 1.807) is 24.3 Å². The van der Waals surface area contributed by atoms with Gasteiger partial charge in [0.25, 0.3) is 5.91 Å². The molecule has 9 nitrogen and oxygen atoms in total. The molecule has 3 aromatic carbocycles. The standard InChI is InChI=1S/C26H21N7O2/c1-16-4-2-6-20(14-16)26-30-29-25(35-26)18-10-8-17(9-11-18)24(34)27-21-7-3-5-19(15-21)23-28-31-32-33(23)22-12-13-22/h2-11,14-15,22H,12-13H2,1H3,(H,27,34). The van der Waals surface area contributed by atoms with Crippen molar-refractivity contribution in [3.63, 3.8) is 0 Å². The molecule has 1 aliphatic rings. The number of anilines is 1. The van der Waals surface area contributed by atoms with Crippen LogP contribution in [0, 0.1) is 6.92 Å². The van der Waals surface area contributed by atoms with E-state index in [-0.39, 0.29) is 5.91 Å². The van der Waals surface area contributed by atoms with E-state index in [1.165, 1.54) is 0 Å². The van der Waals surface area contributed by atoms with Crippen molar-refractivity contribution in [3.05, 3.63) is 83.9 Å². The molecule has 1 aliphatic carbocycles. The van der Waals surface area contributed by atoms with Crippen LogP contribution in [-0.4, -0.2) is 36.3 Å². The van der Waals surface area contributed by atoms with Crippen LogP contribution in [0.1, 0.15) is 34.8 Å². The molecule has 172 valence electrons. The third kappa shape index (κ3) is 4.31. The van der Waals surface area contributed by atoms with Crippen molar-refractivity contribution in [2.75, 3.05) is 5.32 Å². The molecule has 0 radical (unpaired) electrons. The number of carbonyl (C=O) groups is 1. The summed E-state index contributed by atoms with van der Waals surface area (Å²) < 4.78 is 7.69. The predicted molar refractivity (Wildman–Crippen MR) is 129 cm³/mol. The predicted octanol–water partition coefficient (Wildman–Crippen LogP) is 4.95. The smallest absolute Gasteiger partial charge is 0.255 e. The summed E-state index contributed by atoms with van der Waals surface area (Å²) in [6.07, 6.45) is 2.17. The lowest BCUT2D eigenvalue weighted by Gasteiger charge is -2.08. The molecule has 9 heteroatoms. The summed E-state index contributed by atoms with van der Waals surface area (Å²) in [7, 11) is 0. The average Bonchev–Trinajstić information content (AvgIpc) is 3.39. The van der Waals surface area contributed by atoms with Crippen molar-refractivity contribution < 1.29 is 9.21 Å². The number of aryl methyl sites for hydroxylation is 1. The summed E-state index contributed by atoms with van der Waals surface area (Å²) in [5.74, 6) is 1.34. The Labute approximate surface area is 200 Å². The Morgan fingerprint density at radius 3 is 2.40 bits per heavy atom. The molecule has 0 unspecified atom stereocenters. The fraction of sp³-hybridized carbons (Fsp3) is 0.154. The van der Waals surface area contributed by atoms with Crippen molar-refractivity contribution in [1.82, 2.24) is 30.4 Å². The minimum absolute atomic E-state index is 0.221. The topological polar surface area (TPSA) is 112 Å². The van der Waals surface area contributed by atoms with Crippen LogP contribution in [0.5, 0.6) is 0 Å². The molecule has 0 aliphatic heterocycles. The van der Waals surface area contributed by atoms with Crippen LogP contribution in [0.4, 0.5) is 5.69 Å². The van der Waals surface area contributed by atoms with Crippen molar-refractivity contribution in [3.8, 4) is 34.3 Å². The molecule has 5 aromatic rings. The van der Waals surface area contributed by atoms with Crippen LogP contribution in [0.15, 0.2) is 77.2 Å². The van der Waals surface area contributed by atoms with E-state index in [2.05, 4.69) is 31.0 Å². The highest BCUT2D eigenvalue weighted by atomic mass is 16.4. The van der Waals surface area contributed by atoms with Crippen LogP contribution < -0.4 is 5.32 Å². The number of hydrogen-bond donors (Lipinski definition) is 1. The number of aromatic nitrogens is 6. The number of amides is 1. The minimum atomic E-state index is -0.221. The molecule has 2 aromatic heterocycles. The van der Waals surface area contributed by atoms with Gasteiger partial charge in [0, 0.05) is 27.9 Å². The Morgan fingerprint density at radius 1 is 0.886 bits per heavy atom. The molecule has 0 spiro atoms. The number of nitrogens with zero attached hydrogens (tertiary/aromatic N) is 6. The van der Waals surface area contributed by atoms with Gasteiger partial charge in [0.2, 0.25) is 11.8 Å². The van der Waals surface area contributed by atoms with Crippen LogP contribution in [0.2, 0.25) is 0 Å². The normalized spacial score (nSPS) is 13.1. The number of nitrogens with one attached hydrogen (secondary N) is 1. The maximum atomic E-state index is 12.9. The van der Waals surface area contributed by atoms with Gasteiger partial charge in [-0.25, -0.2) is 4.68 Å². The summed E-state index contributed by atoms with van der Waals surface area (Å²) in [5.41, 5.74) is 4.76. The third-order valence-corrected chi connectivity index (χ3v) is 5.85. The molecule has 1 amide bonds. The maximum Gasteiger partial charge on any atom is 0.255 e. The molecule has 1 saturated carbocycles. The van der Waals surface area contributed by atoms with Gasteiger partial charge in [-0.2, -0.15) is 0 Å². The number of tetrazole rings is 1.